The van der Waals surface area contributed by atoms with Gasteiger partial charge < -0.3 is 5.32 Å². The molecular weight excluding hydrogens is 298 g/mol. The van der Waals surface area contributed by atoms with Crippen molar-refractivity contribution in [1.29, 1.82) is 0 Å². The first kappa shape index (κ1) is 14.8. The van der Waals surface area contributed by atoms with E-state index in [0.29, 0.717) is 23.5 Å². The number of amides is 1. The standard InChI is InChI=1S/C15H17N5OS/c1-2-8-20-14(11-4-3-7-16-9-11)18-19-15(20)22-10-13(21)17-12-5-6-12/h2-4,7,9,12H,1,5-6,8,10H2,(H,17,21). The molecule has 2 aromatic rings. The van der Waals surface area contributed by atoms with Gasteiger partial charge in [-0.15, -0.1) is 16.8 Å². The number of hydrogen-bond donors (Lipinski definition) is 1. The molecule has 1 saturated carbocycles. The predicted octanol–water partition coefficient (Wildman–Crippen LogP) is 1.90. The molecule has 1 N–H and O–H groups in total. The molecule has 0 saturated heterocycles. The third-order valence-electron chi connectivity index (χ3n) is 3.22. The Labute approximate surface area is 133 Å². The van der Waals surface area contributed by atoms with Crippen LogP contribution in [0.2, 0.25) is 0 Å². The SMILES string of the molecule is C=CCn1c(SCC(=O)NC2CC2)nnc1-c1cccnc1. The summed E-state index contributed by atoms with van der Waals surface area (Å²) in [4.78, 5) is 15.9. The summed E-state index contributed by atoms with van der Waals surface area (Å²) in [6, 6.07) is 4.17. The van der Waals surface area contributed by atoms with Gasteiger partial charge in [-0.25, -0.2) is 0 Å². The Morgan fingerprint density at radius 1 is 1.50 bits per heavy atom. The van der Waals surface area contributed by atoms with Crippen molar-refractivity contribution in [2.45, 2.75) is 30.6 Å². The lowest BCUT2D eigenvalue weighted by atomic mass is 10.3. The Morgan fingerprint density at radius 3 is 3.05 bits per heavy atom. The molecular formula is C15H17N5OS. The van der Waals surface area contributed by atoms with E-state index in [1.54, 1.807) is 18.5 Å². The van der Waals surface area contributed by atoms with Gasteiger partial charge in [-0.3, -0.25) is 14.3 Å². The van der Waals surface area contributed by atoms with Gasteiger partial charge in [0, 0.05) is 30.5 Å². The Balaban J connectivity index is 1.74. The lowest BCUT2D eigenvalue weighted by Crippen LogP contribution is -2.27. The summed E-state index contributed by atoms with van der Waals surface area (Å²) >= 11 is 1.39. The molecule has 6 nitrogen and oxygen atoms in total. The van der Waals surface area contributed by atoms with Crippen LogP contribution in [0.3, 0.4) is 0 Å². The zero-order chi connectivity index (χ0) is 15.4. The third kappa shape index (κ3) is 3.54. The highest BCUT2D eigenvalue weighted by Crippen LogP contribution is 2.24. The second-order valence-corrected chi connectivity index (χ2v) is 6.02. The van der Waals surface area contributed by atoms with E-state index in [0.717, 1.165) is 24.2 Å². The van der Waals surface area contributed by atoms with Gasteiger partial charge in [0.05, 0.1) is 5.75 Å². The molecule has 1 aliphatic carbocycles. The zero-order valence-corrected chi connectivity index (χ0v) is 12.9. The van der Waals surface area contributed by atoms with Crippen molar-refractivity contribution in [2.75, 3.05) is 5.75 Å². The molecule has 3 rings (SSSR count). The van der Waals surface area contributed by atoms with Gasteiger partial charge in [-0.1, -0.05) is 17.8 Å². The molecule has 0 spiro atoms. The molecule has 0 aliphatic heterocycles. The van der Waals surface area contributed by atoms with Crippen LogP contribution in [0.5, 0.6) is 0 Å². The van der Waals surface area contributed by atoms with E-state index in [1.807, 2.05) is 16.7 Å². The molecule has 114 valence electrons. The van der Waals surface area contributed by atoms with E-state index in [1.165, 1.54) is 11.8 Å². The van der Waals surface area contributed by atoms with Crippen molar-refractivity contribution < 1.29 is 4.79 Å². The normalized spacial score (nSPS) is 13.8. The summed E-state index contributed by atoms with van der Waals surface area (Å²) in [5, 5.41) is 12.1. The summed E-state index contributed by atoms with van der Waals surface area (Å²) in [7, 11) is 0. The molecule has 22 heavy (non-hydrogen) atoms. The van der Waals surface area contributed by atoms with Crippen LogP contribution >= 0.6 is 11.8 Å². The molecule has 7 heteroatoms. The first-order valence-corrected chi connectivity index (χ1v) is 8.13. The maximum Gasteiger partial charge on any atom is 0.230 e. The number of pyridine rings is 1. The van der Waals surface area contributed by atoms with Gasteiger partial charge in [-0.05, 0) is 25.0 Å². The Morgan fingerprint density at radius 2 is 2.36 bits per heavy atom. The average molecular weight is 315 g/mol. The van der Waals surface area contributed by atoms with Crippen LogP contribution in [0.4, 0.5) is 0 Å². The van der Waals surface area contributed by atoms with Crippen molar-refractivity contribution in [3.05, 3.63) is 37.2 Å². The van der Waals surface area contributed by atoms with Crippen molar-refractivity contribution in [3.8, 4) is 11.4 Å². The van der Waals surface area contributed by atoms with Crippen LogP contribution in [0.25, 0.3) is 11.4 Å². The minimum atomic E-state index is 0.0450. The van der Waals surface area contributed by atoms with Gasteiger partial charge in [0.25, 0.3) is 0 Å². The van der Waals surface area contributed by atoms with Gasteiger partial charge in [-0.2, -0.15) is 0 Å². The topological polar surface area (TPSA) is 72.7 Å². The fourth-order valence-corrected chi connectivity index (χ4v) is 2.78. The molecule has 1 amide bonds. The van der Waals surface area contributed by atoms with Crippen LogP contribution in [-0.4, -0.2) is 37.5 Å². The number of nitrogens with one attached hydrogen (secondary N) is 1. The fraction of sp³-hybridized carbons (Fsp3) is 0.333. The first-order chi connectivity index (χ1) is 10.8. The van der Waals surface area contributed by atoms with Crippen molar-refractivity contribution in [2.24, 2.45) is 0 Å². The summed E-state index contributed by atoms with van der Waals surface area (Å²) in [6.45, 7) is 4.36. The highest BCUT2D eigenvalue weighted by atomic mass is 32.2. The molecule has 1 aliphatic rings. The molecule has 0 unspecified atom stereocenters. The van der Waals surface area contributed by atoms with Crippen LogP contribution in [0, 0.1) is 0 Å². The number of hydrogen-bond acceptors (Lipinski definition) is 5. The lowest BCUT2D eigenvalue weighted by Gasteiger charge is -2.07. The van der Waals surface area contributed by atoms with Crippen molar-refractivity contribution in [1.82, 2.24) is 25.1 Å². The molecule has 0 bridgehead atoms. The monoisotopic (exact) mass is 315 g/mol. The predicted molar refractivity (Wildman–Crippen MR) is 85.3 cm³/mol. The fourth-order valence-electron chi connectivity index (χ4n) is 2.02. The Bertz CT molecular complexity index is 666. The van der Waals surface area contributed by atoms with E-state index in [-0.39, 0.29) is 5.91 Å². The van der Waals surface area contributed by atoms with Crippen LogP contribution < -0.4 is 5.32 Å². The van der Waals surface area contributed by atoms with E-state index >= 15 is 0 Å². The number of nitrogens with zero attached hydrogens (tertiary/aromatic N) is 4. The Hall–Kier alpha value is -2.15. The number of thioether (sulfide) groups is 1. The maximum atomic E-state index is 11.8. The molecule has 0 atom stereocenters. The van der Waals surface area contributed by atoms with Crippen LogP contribution in [0.15, 0.2) is 42.3 Å². The van der Waals surface area contributed by atoms with E-state index in [9.17, 15) is 4.79 Å². The van der Waals surface area contributed by atoms with Gasteiger partial charge in [0.15, 0.2) is 11.0 Å². The number of rotatable bonds is 7. The van der Waals surface area contributed by atoms with Crippen LogP contribution in [0.1, 0.15) is 12.8 Å². The van der Waals surface area contributed by atoms with Crippen molar-refractivity contribution in [3.63, 3.8) is 0 Å². The van der Waals surface area contributed by atoms with E-state index < -0.39 is 0 Å². The van der Waals surface area contributed by atoms with Crippen molar-refractivity contribution >= 4 is 17.7 Å². The molecule has 2 heterocycles. The second-order valence-electron chi connectivity index (χ2n) is 5.08. The zero-order valence-electron chi connectivity index (χ0n) is 12.1. The summed E-state index contributed by atoms with van der Waals surface area (Å²) in [5.41, 5.74) is 0.895. The van der Waals surface area contributed by atoms with Gasteiger partial charge in [0.1, 0.15) is 0 Å². The molecule has 1 fully saturated rings. The molecule has 0 aromatic carbocycles. The van der Waals surface area contributed by atoms with E-state index in [2.05, 4.69) is 27.1 Å². The maximum absolute atomic E-state index is 11.8. The molecule has 0 radical (unpaired) electrons. The number of allylic oxidation sites excluding steroid dienone is 1. The number of carbonyl (C=O) groups is 1. The first-order valence-electron chi connectivity index (χ1n) is 7.14. The second kappa shape index (κ2) is 6.74. The smallest absolute Gasteiger partial charge is 0.230 e. The third-order valence-corrected chi connectivity index (χ3v) is 4.19. The minimum absolute atomic E-state index is 0.0450. The lowest BCUT2D eigenvalue weighted by molar-refractivity contribution is -0.118. The number of carbonyl (C=O) groups excluding carboxylic acids is 1. The average Bonchev–Trinajstić information content (AvgIpc) is 3.26. The highest BCUT2D eigenvalue weighted by molar-refractivity contribution is 7.99. The van der Waals surface area contributed by atoms with Gasteiger partial charge >= 0.3 is 0 Å². The molecule has 2 aromatic heterocycles. The largest absolute Gasteiger partial charge is 0.353 e. The van der Waals surface area contributed by atoms with E-state index in [4.69, 9.17) is 0 Å². The van der Waals surface area contributed by atoms with Crippen LogP contribution in [-0.2, 0) is 11.3 Å². The highest BCUT2D eigenvalue weighted by Gasteiger charge is 2.23. The summed E-state index contributed by atoms with van der Waals surface area (Å²) < 4.78 is 1.94. The quantitative estimate of drug-likeness (QED) is 0.624. The summed E-state index contributed by atoms with van der Waals surface area (Å²) in [5.74, 6) is 1.13. The van der Waals surface area contributed by atoms with Gasteiger partial charge in [0.2, 0.25) is 5.91 Å². The summed E-state index contributed by atoms with van der Waals surface area (Å²) in [6.07, 6.45) is 7.44. The Kier molecular flexibility index (Phi) is 4.53. The minimum Gasteiger partial charge on any atom is -0.353 e. The number of aromatic nitrogens is 4.